The lowest BCUT2D eigenvalue weighted by Gasteiger charge is -2.20. The predicted molar refractivity (Wildman–Crippen MR) is 69.3 cm³/mol. The fourth-order valence-electron chi connectivity index (χ4n) is 1.47. The SMILES string of the molecule is CCN(CCC(=O)OC)C(=O)Nc1ccc(F)cc1. The van der Waals surface area contributed by atoms with Crippen molar-refractivity contribution < 1.29 is 18.7 Å². The Hall–Kier alpha value is -2.11. The van der Waals surface area contributed by atoms with Gasteiger partial charge in [0.05, 0.1) is 13.5 Å². The highest BCUT2D eigenvalue weighted by molar-refractivity contribution is 5.89. The molecule has 104 valence electrons. The minimum absolute atomic E-state index is 0.140. The van der Waals surface area contributed by atoms with Crippen molar-refractivity contribution in [3.8, 4) is 0 Å². The molecule has 0 fully saturated rings. The molecule has 0 aliphatic carbocycles. The van der Waals surface area contributed by atoms with Crippen molar-refractivity contribution >= 4 is 17.7 Å². The lowest BCUT2D eigenvalue weighted by atomic mass is 10.3. The van der Waals surface area contributed by atoms with E-state index in [9.17, 15) is 14.0 Å². The maximum Gasteiger partial charge on any atom is 0.321 e. The number of methoxy groups -OCH3 is 1. The van der Waals surface area contributed by atoms with E-state index < -0.39 is 0 Å². The zero-order valence-electron chi connectivity index (χ0n) is 11.0. The first-order valence-electron chi connectivity index (χ1n) is 5.95. The summed E-state index contributed by atoms with van der Waals surface area (Å²) in [6.45, 7) is 2.54. The number of amides is 2. The molecule has 2 amide bonds. The molecule has 6 heteroatoms. The number of hydrogen-bond acceptors (Lipinski definition) is 3. The Morgan fingerprint density at radius 1 is 1.32 bits per heavy atom. The first-order valence-corrected chi connectivity index (χ1v) is 5.95. The van der Waals surface area contributed by atoms with Gasteiger partial charge in [-0.25, -0.2) is 9.18 Å². The van der Waals surface area contributed by atoms with E-state index in [1.807, 2.05) is 6.92 Å². The molecule has 0 bridgehead atoms. The maximum absolute atomic E-state index is 12.7. The van der Waals surface area contributed by atoms with Gasteiger partial charge in [-0.1, -0.05) is 0 Å². The van der Waals surface area contributed by atoms with Crippen molar-refractivity contribution in [3.05, 3.63) is 30.1 Å². The summed E-state index contributed by atoms with van der Waals surface area (Å²) >= 11 is 0. The van der Waals surface area contributed by atoms with Gasteiger partial charge in [0.25, 0.3) is 0 Å². The van der Waals surface area contributed by atoms with Gasteiger partial charge >= 0.3 is 12.0 Å². The molecule has 0 unspecified atom stereocenters. The molecule has 1 rings (SSSR count). The summed E-state index contributed by atoms with van der Waals surface area (Å²) in [4.78, 5) is 24.4. The molecule has 0 spiro atoms. The molecule has 0 saturated heterocycles. The minimum atomic E-state index is -0.368. The molecule has 0 atom stereocenters. The number of nitrogens with zero attached hydrogens (tertiary/aromatic N) is 1. The van der Waals surface area contributed by atoms with E-state index in [2.05, 4.69) is 10.1 Å². The van der Waals surface area contributed by atoms with E-state index in [0.717, 1.165) is 0 Å². The number of carbonyl (C=O) groups excluding carboxylic acids is 2. The van der Waals surface area contributed by atoms with Crippen LogP contribution in [-0.4, -0.2) is 37.1 Å². The third-order valence-electron chi connectivity index (χ3n) is 2.58. The monoisotopic (exact) mass is 268 g/mol. The highest BCUT2D eigenvalue weighted by Gasteiger charge is 2.13. The van der Waals surface area contributed by atoms with Crippen molar-refractivity contribution in [2.75, 3.05) is 25.5 Å². The third kappa shape index (κ3) is 4.95. The molecule has 5 nitrogen and oxygen atoms in total. The summed E-state index contributed by atoms with van der Waals surface area (Å²) in [5.74, 6) is -0.732. The highest BCUT2D eigenvalue weighted by atomic mass is 19.1. The Balaban J connectivity index is 2.53. The number of rotatable bonds is 5. The molecule has 1 aromatic rings. The number of anilines is 1. The van der Waals surface area contributed by atoms with E-state index in [0.29, 0.717) is 12.2 Å². The molecular formula is C13H17FN2O3. The van der Waals surface area contributed by atoms with Crippen molar-refractivity contribution in [1.82, 2.24) is 4.90 Å². The van der Waals surface area contributed by atoms with Gasteiger partial charge in [-0.3, -0.25) is 4.79 Å². The van der Waals surface area contributed by atoms with E-state index in [1.54, 1.807) is 0 Å². The lowest BCUT2D eigenvalue weighted by Crippen LogP contribution is -2.36. The standard InChI is InChI=1S/C13H17FN2O3/c1-3-16(9-8-12(17)19-2)13(18)15-11-6-4-10(14)5-7-11/h4-7H,3,8-9H2,1-2H3,(H,15,18). The van der Waals surface area contributed by atoms with Crippen LogP contribution in [0, 0.1) is 5.82 Å². The second-order valence-electron chi connectivity index (χ2n) is 3.84. The van der Waals surface area contributed by atoms with Gasteiger partial charge in [0.15, 0.2) is 0 Å². The fourth-order valence-corrected chi connectivity index (χ4v) is 1.47. The Morgan fingerprint density at radius 3 is 2.47 bits per heavy atom. The van der Waals surface area contributed by atoms with Crippen LogP contribution in [0.3, 0.4) is 0 Å². The summed E-state index contributed by atoms with van der Waals surface area (Å²) in [5.41, 5.74) is 0.503. The average molecular weight is 268 g/mol. The smallest absolute Gasteiger partial charge is 0.321 e. The van der Waals surface area contributed by atoms with Crippen LogP contribution in [0.15, 0.2) is 24.3 Å². The number of benzene rings is 1. The summed E-state index contributed by atoms with van der Waals surface area (Å²) < 4.78 is 17.2. The number of ether oxygens (including phenoxy) is 1. The average Bonchev–Trinajstić information content (AvgIpc) is 2.41. The molecule has 0 aliphatic heterocycles. The number of urea groups is 1. The Morgan fingerprint density at radius 2 is 1.95 bits per heavy atom. The second-order valence-corrected chi connectivity index (χ2v) is 3.84. The lowest BCUT2D eigenvalue weighted by molar-refractivity contribution is -0.140. The van der Waals surface area contributed by atoms with Crippen LogP contribution in [-0.2, 0) is 9.53 Å². The number of nitrogens with one attached hydrogen (secondary N) is 1. The highest BCUT2D eigenvalue weighted by Crippen LogP contribution is 2.09. The first kappa shape index (κ1) is 14.9. The molecule has 0 saturated carbocycles. The van der Waals surface area contributed by atoms with Crippen LogP contribution in [0.4, 0.5) is 14.9 Å². The Labute approximate surface area is 111 Å². The number of hydrogen-bond donors (Lipinski definition) is 1. The summed E-state index contributed by atoms with van der Waals surface area (Å²) in [5, 5.41) is 2.63. The van der Waals surface area contributed by atoms with Crippen molar-refractivity contribution in [1.29, 1.82) is 0 Å². The van der Waals surface area contributed by atoms with Crippen molar-refractivity contribution in [2.24, 2.45) is 0 Å². The van der Waals surface area contributed by atoms with E-state index >= 15 is 0 Å². The van der Waals surface area contributed by atoms with Crippen LogP contribution in [0.1, 0.15) is 13.3 Å². The first-order chi connectivity index (χ1) is 9.06. The van der Waals surface area contributed by atoms with Gasteiger partial charge < -0.3 is 15.0 Å². The van der Waals surface area contributed by atoms with E-state index in [4.69, 9.17) is 0 Å². The summed E-state index contributed by atoms with van der Waals surface area (Å²) in [6.07, 6.45) is 0.140. The van der Waals surface area contributed by atoms with Crippen LogP contribution < -0.4 is 5.32 Å². The van der Waals surface area contributed by atoms with Gasteiger partial charge in [0, 0.05) is 18.8 Å². The molecule has 1 aromatic carbocycles. The predicted octanol–water partition coefficient (Wildman–Crippen LogP) is 2.24. The van der Waals surface area contributed by atoms with Crippen LogP contribution in [0.25, 0.3) is 0 Å². The van der Waals surface area contributed by atoms with E-state index in [-0.39, 0.29) is 30.8 Å². The molecular weight excluding hydrogens is 251 g/mol. The molecule has 0 radical (unpaired) electrons. The molecule has 0 aliphatic rings. The maximum atomic E-state index is 12.7. The normalized spacial score (nSPS) is 9.84. The number of carbonyl (C=O) groups is 2. The van der Waals surface area contributed by atoms with Gasteiger partial charge in [0.2, 0.25) is 0 Å². The summed E-state index contributed by atoms with van der Waals surface area (Å²) in [6, 6.07) is 5.14. The van der Waals surface area contributed by atoms with Gasteiger partial charge in [0.1, 0.15) is 5.82 Å². The zero-order valence-corrected chi connectivity index (χ0v) is 11.0. The van der Waals surface area contributed by atoms with Gasteiger partial charge in [-0.15, -0.1) is 0 Å². The Bertz CT molecular complexity index is 434. The zero-order chi connectivity index (χ0) is 14.3. The quantitative estimate of drug-likeness (QED) is 0.833. The number of halogens is 1. The molecule has 0 aromatic heterocycles. The van der Waals surface area contributed by atoms with Crippen LogP contribution in [0.2, 0.25) is 0 Å². The van der Waals surface area contributed by atoms with Crippen molar-refractivity contribution in [2.45, 2.75) is 13.3 Å². The van der Waals surface area contributed by atoms with Crippen molar-refractivity contribution in [3.63, 3.8) is 0 Å². The Kier molecular flexibility index (Phi) is 5.78. The van der Waals surface area contributed by atoms with E-state index in [1.165, 1.54) is 36.3 Å². The minimum Gasteiger partial charge on any atom is -0.469 e. The van der Waals surface area contributed by atoms with Crippen LogP contribution >= 0.6 is 0 Å². The third-order valence-corrected chi connectivity index (χ3v) is 2.58. The molecule has 0 heterocycles. The van der Waals surface area contributed by atoms with Crippen LogP contribution in [0.5, 0.6) is 0 Å². The topological polar surface area (TPSA) is 58.6 Å². The second kappa shape index (κ2) is 7.35. The largest absolute Gasteiger partial charge is 0.469 e. The number of esters is 1. The fraction of sp³-hybridized carbons (Fsp3) is 0.385. The summed E-state index contributed by atoms with van der Waals surface area (Å²) in [7, 11) is 1.30. The van der Waals surface area contributed by atoms with Gasteiger partial charge in [-0.2, -0.15) is 0 Å². The van der Waals surface area contributed by atoms with Gasteiger partial charge in [-0.05, 0) is 31.2 Å². The molecule has 19 heavy (non-hydrogen) atoms. The molecule has 1 N–H and O–H groups in total.